The number of aryl methyl sites for hydroxylation is 1. The van der Waals surface area contributed by atoms with Gasteiger partial charge in [-0.05, 0) is 12.5 Å². The van der Waals surface area contributed by atoms with E-state index in [9.17, 15) is 14.9 Å². The van der Waals surface area contributed by atoms with Gasteiger partial charge in [0.1, 0.15) is 12.0 Å². The largest absolute Gasteiger partial charge is 0.476 e. The minimum Gasteiger partial charge on any atom is -0.476 e. The maximum atomic E-state index is 10.6. The number of aromatic nitrogens is 4. The summed E-state index contributed by atoms with van der Waals surface area (Å²) in [7, 11) is 0. The molecule has 110 valence electrons. The van der Waals surface area contributed by atoms with Crippen LogP contribution in [-0.2, 0) is 6.54 Å². The van der Waals surface area contributed by atoms with Crippen LogP contribution in [-0.4, -0.2) is 42.5 Å². The lowest BCUT2D eigenvalue weighted by atomic mass is 10.2. The number of nitro groups is 1. The van der Waals surface area contributed by atoms with Gasteiger partial charge >= 0.3 is 5.97 Å². The molecule has 0 aliphatic carbocycles. The first-order valence-electron chi connectivity index (χ1n) is 5.95. The fourth-order valence-corrected chi connectivity index (χ4v) is 1.64. The lowest BCUT2D eigenvalue weighted by molar-refractivity contribution is -0.385. The predicted octanol–water partition coefficient (Wildman–Crippen LogP) is 0.700. The summed E-state index contributed by atoms with van der Waals surface area (Å²) in [6, 6.07) is 1.42. The molecule has 0 atom stereocenters. The zero-order valence-electron chi connectivity index (χ0n) is 11.1. The van der Waals surface area contributed by atoms with Crippen LogP contribution in [0.25, 0.3) is 0 Å². The van der Waals surface area contributed by atoms with Crippen LogP contribution in [0.4, 0.5) is 11.5 Å². The van der Waals surface area contributed by atoms with Crippen LogP contribution in [0.1, 0.15) is 16.1 Å². The molecule has 0 unspecified atom stereocenters. The van der Waals surface area contributed by atoms with Crippen molar-refractivity contribution in [2.45, 2.75) is 13.5 Å². The van der Waals surface area contributed by atoms with Gasteiger partial charge in [-0.3, -0.25) is 10.1 Å². The Morgan fingerprint density at radius 2 is 2.33 bits per heavy atom. The Morgan fingerprint density at radius 3 is 2.90 bits per heavy atom. The molecule has 10 nitrogen and oxygen atoms in total. The van der Waals surface area contributed by atoms with E-state index < -0.39 is 10.9 Å². The van der Waals surface area contributed by atoms with E-state index in [0.717, 1.165) is 0 Å². The second-order valence-corrected chi connectivity index (χ2v) is 4.21. The summed E-state index contributed by atoms with van der Waals surface area (Å²) in [5.41, 5.74) is 0.453. The Balaban J connectivity index is 1.93. The van der Waals surface area contributed by atoms with Crippen molar-refractivity contribution in [1.29, 1.82) is 0 Å². The number of anilines is 1. The highest BCUT2D eigenvalue weighted by Gasteiger charge is 2.10. The standard InChI is InChI=1S/C11H12N6O4/c1-7-4-8(17(20)21)5-13-10(7)12-2-3-16-6-9(11(18)19)14-15-16/h4-6H,2-3H2,1H3,(H,12,13)(H,18,19). The van der Waals surface area contributed by atoms with E-state index in [1.54, 1.807) is 6.92 Å². The highest BCUT2D eigenvalue weighted by molar-refractivity contribution is 5.84. The average Bonchev–Trinajstić information content (AvgIpc) is 2.89. The van der Waals surface area contributed by atoms with Gasteiger partial charge in [-0.1, -0.05) is 5.21 Å². The van der Waals surface area contributed by atoms with Crippen LogP contribution in [0.2, 0.25) is 0 Å². The van der Waals surface area contributed by atoms with Gasteiger partial charge in [0.25, 0.3) is 5.69 Å². The van der Waals surface area contributed by atoms with E-state index in [1.807, 2.05) is 0 Å². The summed E-state index contributed by atoms with van der Waals surface area (Å²) < 4.78 is 1.39. The minimum absolute atomic E-state index is 0.0690. The van der Waals surface area contributed by atoms with Gasteiger partial charge in [0.05, 0.1) is 17.7 Å². The van der Waals surface area contributed by atoms with Crippen LogP contribution in [0.3, 0.4) is 0 Å². The fraction of sp³-hybridized carbons (Fsp3) is 0.273. The molecule has 0 fully saturated rings. The predicted molar refractivity (Wildman–Crippen MR) is 71.1 cm³/mol. The Kier molecular flexibility index (Phi) is 4.07. The molecule has 2 aromatic rings. The number of pyridine rings is 1. The van der Waals surface area contributed by atoms with Gasteiger partial charge in [-0.2, -0.15) is 0 Å². The van der Waals surface area contributed by atoms with Crippen molar-refractivity contribution in [3.05, 3.63) is 39.8 Å². The van der Waals surface area contributed by atoms with Crippen molar-refractivity contribution in [3.8, 4) is 0 Å². The maximum absolute atomic E-state index is 10.6. The summed E-state index contributed by atoms with van der Waals surface area (Å²) in [6.07, 6.45) is 2.49. The number of carboxylic acids is 1. The maximum Gasteiger partial charge on any atom is 0.358 e. The summed E-state index contributed by atoms with van der Waals surface area (Å²) in [4.78, 5) is 24.7. The van der Waals surface area contributed by atoms with Gasteiger partial charge in [0.15, 0.2) is 5.69 Å². The number of rotatable bonds is 6. The second kappa shape index (κ2) is 5.94. The monoisotopic (exact) mass is 292 g/mol. The molecule has 2 rings (SSSR count). The van der Waals surface area contributed by atoms with E-state index in [-0.39, 0.29) is 11.4 Å². The molecule has 2 N–H and O–H groups in total. The van der Waals surface area contributed by atoms with Gasteiger partial charge in [0.2, 0.25) is 0 Å². The molecule has 0 aliphatic heterocycles. The Bertz CT molecular complexity index is 683. The molecule has 0 saturated carbocycles. The third kappa shape index (κ3) is 3.49. The molecule has 0 radical (unpaired) electrons. The number of hydrogen-bond donors (Lipinski definition) is 2. The third-order valence-electron chi connectivity index (χ3n) is 2.67. The summed E-state index contributed by atoms with van der Waals surface area (Å²) in [6.45, 7) is 2.52. The van der Waals surface area contributed by atoms with Crippen molar-refractivity contribution in [2.24, 2.45) is 0 Å². The van der Waals surface area contributed by atoms with E-state index >= 15 is 0 Å². The number of hydrogen-bond acceptors (Lipinski definition) is 7. The molecular weight excluding hydrogens is 280 g/mol. The lowest BCUT2D eigenvalue weighted by Gasteiger charge is -2.07. The molecule has 0 aromatic carbocycles. The van der Waals surface area contributed by atoms with Crippen molar-refractivity contribution in [1.82, 2.24) is 20.0 Å². The molecule has 2 aromatic heterocycles. The quantitative estimate of drug-likeness (QED) is 0.586. The summed E-state index contributed by atoms with van der Waals surface area (Å²) in [5.74, 6) is -0.610. The molecule has 0 saturated heterocycles. The van der Waals surface area contributed by atoms with E-state index in [1.165, 1.54) is 23.1 Å². The third-order valence-corrected chi connectivity index (χ3v) is 2.67. The molecule has 2 heterocycles. The van der Waals surface area contributed by atoms with Crippen LogP contribution < -0.4 is 5.32 Å². The molecule has 0 bridgehead atoms. The average molecular weight is 292 g/mol. The normalized spacial score (nSPS) is 10.3. The molecule has 0 aliphatic rings. The molecule has 0 spiro atoms. The first kappa shape index (κ1) is 14.4. The Morgan fingerprint density at radius 1 is 1.57 bits per heavy atom. The van der Waals surface area contributed by atoms with Crippen molar-refractivity contribution in [2.75, 3.05) is 11.9 Å². The lowest BCUT2D eigenvalue weighted by Crippen LogP contribution is -2.12. The minimum atomic E-state index is -1.14. The zero-order chi connectivity index (χ0) is 15.4. The van der Waals surface area contributed by atoms with Crippen molar-refractivity contribution in [3.63, 3.8) is 0 Å². The topological polar surface area (TPSA) is 136 Å². The molecule has 10 heteroatoms. The van der Waals surface area contributed by atoms with E-state index in [0.29, 0.717) is 24.5 Å². The van der Waals surface area contributed by atoms with Gasteiger partial charge < -0.3 is 10.4 Å². The first-order chi connectivity index (χ1) is 9.97. The van der Waals surface area contributed by atoms with E-state index in [4.69, 9.17) is 5.11 Å². The van der Waals surface area contributed by atoms with Crippen LogP contribution >= 0.6 is 0 Å². The fourth-order valence-electron chi connectivity index (χ4n) is 1.64. The Hall–Kier alpha value is -3.04. The van der Waals surface area contributed by atoms with Crippen LogP contribution in [0, 0.1) is 17.0 Å². The summed E-state index contributed by atoms with van der Waals surface area (Å²) >= 11 is 0. The smallest absolute Gasteiger partial charge is 0.358 e. The number of carbonyl (C=O) groups is 1. The van der Waals surface area contributed by atoms with Crippen LogP contribution in [0.5, 0.6) is 0 Å². The van der Waals surface area contributed by atoms with Crippen molar-refractivity contribution >= 4 is 17.5 Å². The number of carboxylic acid groups (broad SMARTS) is 1. The SMILES string of the molecule is Cc1cc([N+](=O)[O-])cnc1NCCn1cc(C(=O)O)nn1. The second-order valence-electron chi connectivity index (χ2n) is 4.21. The van der Waals surface area contributed by atoms with Gasteiger partial charge in [-0.15, -0.1) is 5.10 Å². The first-order valence-corrected chi connectivity index (χ1v) is 5.95. The van der Waals surface area contributed by atoms with Gasteiger partial charge in [0, 0.05) is 12.6 Å². The zero-order valence-corrected chi connectivity index (χ0v) is 11.1. The van der Waals surface area contributed by atoms with Crippen molar-refractivity contribution < 1.29 is 14.8 Å². The number of nitrogens with one attached hydrogen (secondary N) is 1. The highest BCUT2D eigenvalue weighted by atomic mass is 16.6. The van der Waals surface area contributed by atoms with Crippen LogP contribution in [0.15, 0.2) is 18.5 Å². The number of nitrogens with zero attached hydrogens (tertiary/aromatic N) is 5. The summed E-state index contributed by atoms with van der Waals surface area (Å²) in [5, 5.41) is 29.5. The Labute approximate surface area is 118 Å². The highest BCUT2D eigenvalue weighted by Crippen LogP contribution is 2.17. The molecular formula is C11H12N6O4. The molecule has 21 heavy (non-hydrogen) atoms. The number of aromatic carboxylic acids is 1. The van der Waals surface area contributed by atoms with E-state index in [2.05, 4.69) is 20.6 Å². The van der Waals surface area contributed by atoms with Gasteiger partial charge in [-0.25, -0.2) is 14.5 Å². The molecule has 0 amide bonds.